The van der Waals surface area contributed by atoms with Crippen LogP contribution in [0.4, 0.5) is 0 Å². The Hall–Kier alpha value is -1.84. The van der Waals surface area contributed by atoms with Crippen molar-refractivity contribution in [2.75, 3.05) is 0 Å². The fourth-order valence-corrected chi connectivity index (χ4v) is 1.16. The molecule has 1 aromatic heterocycles. The maximum atomic E-state index is 11.0. The van der Waals surface area contributed by atoms with E-state index in [1.807, 2.05) is 31.2 Å². The summed E-state index contributed by atoms with van der Waals surface area (Å²) in [4.78, 5) is 11.0. The highest BCUT2D eigenvalue weighted by Crippen LogP contribution is 2.15. The molecule has 0 N–H and O–H groups in total. The first-order chi connectivity index (χ1) is 6.66. The Morgan fingerprint density at radius 1 is 1.29 bits per heavy atom. The predicted octanol–water partition coefficient (Wildman–Crippen LogP) is 1.35. The molecule has 0 saturated carbocycles. The van der Waals surface area contributed by atoms with Crippen molar-refractivity contribution in [3.05, 3.63) is 40.4 Å². The van der Waals surface area contributed by atoms with Crippen molar-refractivity contribution in [2.24, 2.45) is 7.05 Å². The summed E-state index contributed by atoms with van der Waals surface area (Å²) in [6.07, 6.45) is 0. The van der Waals surface area contributed by atoms with Gasteiger partial charge in [-0.2, -0.15) is 4.68 Å². The second kappa shape index (κ2) is 3.14. The predicted molar refractivity (Wildman–Crippen MR) is 51.9 cm³/mol. The lowest BCUT2D eigenvalue weighted by Crippen LogP contribution is -2.09. The smallest absolute Gasteiger partial charge is 0.388 e. The molecule has 0 atom stereocenters. The molecule has 4 heteroatoms. The van der Waals surface area contributed by atoms with Gasteiger partial charge in [-0.25, -0.2) is 4.79 Å². The summed E-state index contributed by atoms with van der Waals surface area (Å²) in [6, 6.07) is 7.65. The molecule has 2 aromatic rings. The van der Waals surface area contributed by atoms with Crippen LogP contribution in [-0.2, 0) is 7.05 Å². The van der Waals surface area contributed by atoms with Crippen LogP contribution in [0.15, 0.2) is 33.5 Å². The first kappa shape index (κ1) is 8.74. The average Bonchev–Trinajstić information content (AvgIpc) is 2.48. The summed E-state index contributed by atoms with van der Waals surface area (Å²) >= 11 is 0. The molecular formula is C10H10N2O2. The third-order valence-electron chi connectivity index (χ3n) is 1.99. The number of benzene rings is 1. The van der Waals surface area contributed by atoms with Gasteiger partial charge in [-0.3, -0.25) is 0 Å². The largest absolute Gasteiger partial charge is 0.437 e. The van der Waals surface area contributed by atoms with Crippen LogP contribution in [0.5, 0.6) is 0 Å². The van der Waals surface area contributed by atoms with Crippen molar-refractivity contribution in [3.63, 3.8) is 0 Å². The zero-order chi connectivity index (χ0) is 10.1. The minimum atomic E-state index is -0.444. The van der Waals surface area contributed by atoms with Crippen LogP contribution in [0.2, 0.25) is 0 Å². The van der Waals surface area contributed by atoms with E-state index in [0.717, 1.165) is 11.1 Å². The van der Waals surface area contributed by atoms with Crippen LogP contribution in [0.3, 0.4) is 0 Å². The first-order valence-corrected chi connectivity index (χ1v) is 4.28. The first-order valence-electron chi connectivity index (χ1n) is 4.28. The minimum Gasteiger partial charge on any atom is -0.388 e. The van der Waals surface area contributed by atoms with E-state index >= 15 is 0 Å². The molecule has 4 nitrogen and oxygen atoms in total. The Morgan fingerprint density at radius 3 is 2.43 bits per heavy atom. The van der Waals surface area contributed by atoms with E-state index in [0.29, 0.717) is 5.89 Å². The van der Waals surface area contributed by atoms with Crippen LogP contribution in [0, 0.1) is 6.92 Å². The highest BCUT2D eigenvalue weighted by atomic mass is 16.4. The van der Waals surface area contributed by atoms with Gasteiger partial charge < -0.3 is 4.42 Å². The highest BCUT2D eigenvalue weighted by Gasteiger charge is 2.06. The fourth-order valence-electron chi connectivity index (χ4n) is 1.16. The maximum Gasteiger partial charge on any atom is 0.437 e. The van der Waals surface area contributed by atoms with Crippen LogP contribution >= 0.6 is 0 Å². The molecule has 0 fully saturated rings. The van der Waals surface area contributed by atoms with Crippen molar-refractivity contribution in [1.29, 1.82) is 0 Å². The average molecular weight is 190 g/mol. The molecule has 0 aliphatic rings. The quantitative estimate of drug-likeness (QED) is 0.682. The Labute approximate surface area is 80.8 Å². The van der Waals surface area contributed by atoms with Gasteiger partial charge in [0.2, 0.25) is 5.89 Å². The monoisotopic (exact) mass is 190 g/mol. The van der Waals surface area contributed by atoms with Crippen molar-refractivity contribution < 1.29 is 4.42 Å². The molecule has 0 spiro atoms. The second-order valence-electron chi connectivity index (χ2n) is 3.16. The van der Waals surface area contributed by atoms with Gasteiger partial charge in [-0.1, -0.05) is 17.7 Å². The highest BCUT2D eigenvalue weighted by molar-refractivity contribution is 5.52. The summed E-state index contributed by atoms with van der Waals surface area (Å²) in [7, 11) is 1.56. The van der Waals surface area contributed by atoms with E-state index in [9.17, 15) is 4.79 Å². The van der Waals surface area contributed by atoms with E-state index in [1.165, 1.54) is 4.68 Å². The topological polar surface area (TPSA) is 48.0 Å². The molecule has 0 saturated heterocycles. The van der Waals surface area contributed by atoms with E-state index in [2.05, 4.69) is 5.10 Å². The van der Waals surface area contributed by atoms with Crippen molar-refractivity contribution in [2.45, 2.75) is 6.92 Å². The lowest BCUT2D eigenvalue weighted by atomic mass is 10.1. The van der Waals surface area contributed by atoms with E-state index in [1.54, 1.807) is 7.05 Å². The summed E-state index contributed by atoms with van der Waals surface area (Å²) in [6.45, 7) is 2.00. The molecule has 0 amide bonds. The van der Waals surface area contributed by atoms with Gasteiger partial charge in [0.1, 0.15) is 0 Å². The van der Waals surface area contributed by atoms with Crippen LogP contribution in [-0.4, -0.2) is 9.78 Å². The molecule has 2 rings (SSSR count). The normalized spacial score (nSPS) is 10.4. The van der Waals surface area contributed by atoms with Crippen LogP contribution in [0.1, 0.15) is 5.56 Å². The Bertz CT molecular complexity index is 494. The van der Waals surface area contributed by atoms with Crippen molar-refractivity contribution >= 4 is 0 Å². The van der Waals surface area contributed by atoms with Gasteiger partial charge in [-0.05, 0) is 19.1 Å². The molecule has 72 valence electrons. The van der Waals surface area contributed by atoms with Crippen LogP contribution in [0.25, 0.3) is 11.5 Å². The van der Waals surface area contributed by atoms with Gasteiger partial charge in [0.15, 0.2) is 0 Å². The zero-order valence-corrected chi connectivity index (χ0v) is 8.02. The van der Waals surface area contributed by atoms with E-state index in [-0.39, 0.29) is 0 Å². The molecule has 0 radical (unpaired) electrons. The SMILES string of the molecule is Cc1ccc(-c2nn(C)c(=O)o2)cc1. The molecule has 0 unspecified atom stereocenters. The zero-order valence-electron chi connectivity index (χ0n) is 8.02. The number of rotatable bonds is 1. The Morgan fingerprint density at radius 2 is 1.93 bits per heavy atom. The standard InChI is InChI=1S/C10H10N2O2/c1-7-3-5-8(6-4-7)9-11-12(2)10(13)14-9/h3-6H,1-2H3. The number of nitrogens with zero attached hydrogens (tertiary/aromatic N) is 2. The summed E-state index contributed by atoms with van der Waals surface area (Å²) in [5.74, 6) is -0.0851. The lowest BCUT2D eigenvalue weighted by molar-refractivity contribution is 0.505. The van der Waals surface area contributed by atoms with E-state index < -0.39 is 5.76 Å². The van der Waals surface area contributed by atoms with Gasteiger partial charge in [0.05, 0.1) is 0 Å². The molecule has 1 aromatic carbocycles. The fraction of sp³-hybridized carbons (Fsp3) is 0.200. The van der Waals surface area contributed by atoms with Gasteiger partial charge in [0, 0.05) is 12.6 Å². The molecule has 1 heterocycles. The number of hydrogen-bond acceptors (Lipinski definition) is 3. The molecule has 0 aliphatic heterocycles. The number of aryl methyl sites for hydroxylation is 2. The maximum absolute atomic E-state index is 11.0. The van der Waals surface area contributed by atoms with Gasteiger partial charge in [-0.15, -0.1) is 5.10 Å². The van der Waals surface area contributed by atoms with Crippen LogP contribution < -0.4 is 5.76 Å². The van der Waals surface area contributed by atoms with E-state index in [4.69, 9.17) is 4.42 Å². The van der Waals surface area contributed by atoms with Gasteiger partial charge in [0.25, 0.3) is 0 Å². The van der Waals surface area contributed by atoms with Crippen molar-refractivity contribution in [1.82, 2.24) is 9.78 Å². The molecule has 14 heavy (non-hydrogen) atoms. The Kier molecular flexibility index (Phi) is 1.96. The number of hydrogen-bond donors (Lipinski definition) is 0. The summed E-state index contributed by atoms with van der Waals surface area (Å²) in [5.41, 5.74) is 1.97. The minimum absolute atomic E-state index is 0.359. The summed E-state index contributed by atoms with van der Waals surface area (Å²) < 4.78 is 6.11. The second-order valence-corrected chi connectivity index (χ2v) is 3.16. The molecular weight excluding hydrogens is 180 g/mol. The third kappa shape index (κ3) is 1.46. The molecule has 0 bridgehead atoms. The molecule has 0 aliphatic carbocycles. The lowest BCUT2D eigenvalue weighted by Gasteiger charge is -1.94. The summed E-state index contributed by atoms with van der Waals surface area (Å²) in [5, 5.41) is 3.95. The van der Waals surface area contributed by atoms with Gasteiger partial charge >= 0.3 is 5.76 Å². The third-order valence-corrected chi connectivity index (χ3v) is 1.99. The van der Waals surface area contributed by atoms with Crippen molar-refractivity contribution in [3.8, 4) is 11.5 Å². The Balaban J connectivity index is 2.49. The number of aromatic nitrogens is 2.